The molecule has 1 amide bonds. The van der Waals surface area contributed by atoms with Crippen molar-refractivity contribution in [2.75, 3.05) is 11.9 Å². The smallest absolute Gasteiger partial charge is 0.344 e. The van der Waals surface area contributed by atoms with Crippen LogP contribution in [0.4, 0.5) is 11.4 Å². The molecular formula is C22H18BrN3O6. The van der Waals surface area contributed by atoms with Crippen LogP contribution in [0.3, 0.4) is 0 Å². The second-order valence-electron chi connectivity index (χ2n) is 6.40. The Morgan fingerprint density at radius 2 is 1.91 bits per heavy atom. The van der Waals surface area contributed by atoms with Gasteiger partial charge in [0.15, 0.2) is 0 Å². The van der Waals surface area contributed by atoms with Crippen LogP contribution in [0.5, 0.6) is 5.88 Å². The second kappa shape index (κ2) is 10.5. The molecular weight excluding hydrogens is 482 g/mol. The van der Waals surface area contributed by atoms with Crippen molar-refractivity contribution in [3.05, 3.63) is 92.6 Å². The predicted octanol–water partition coefficient (Wildman–Crippen LogP) is 4.69. The number of aromatic nitrogens is 1. The van der Waals surface area contributed by atoms with E-state index < -0.39 is 22.9 Å². The lowest BCUT2D eigenvalue weighted by Gasteiger charge is -2.19. The summed E-state index contributed by atoms with van der Waals surface area (Å²) in [6.45, 7) is 2.06. The molecule has 1 atom stereocenters. The van der Waals surface area contributed by atoms with Gasteiger partial charge in [-0.2, -0.15) is 0 Å². The summed E-state index contributed by atoms with van der Waals surface area (Å²) in [5.74, 6) is -1.32. The average Bonchev–Trinajstić information content (AvgIpc) is 2.79. The van der Waals surface area contributed by atoms with Crippen LogP contribution >= 0.6 is 15.9 Å². The Labute approximate surface area is 191 Å². The zero-order valence-electron chi connectivity index (χ0n) is 16.9. The zero-order valence-corrected chi connectivity index (χ0v) is 18.4. The number of nitro benzene ring substituents is 1. The first kappa shape index (κ1) is 22.9. The number of anilines is 1. The number of nitrogens with zero attached hydrogens (tertiary/aromatic N) is 2. The van der Waals surface area contributed by atoms with Crippen LogP contribution in [-0.2, 0) is 9.53 Å². The molecule has 10 heteroatoms. The predicted molar refractivity (Wildman–Crippen MR) is 119 cm³/mol. The molecule has 1 heterocycles. The number of halogens is 1. The van der Waals surface area contributed by atoms with Crippen LogP contribution in [-0.4, -0.2) is 28.4 Å². The molecule has 0 radical (unpaired) electrons. The first-order chi connectivity index (χ1) is 15.4. The Morgan fingerprint density at radius 3 is 2.56 bits per heavy atom. The molecule has 0 bridgehead atoms. The van der Waals surface area contributed by atoms with E-state index in [1.165, 1.54) is 30.5 Å². The van der Waals surface area contributed by atoms with Gasteiger partial charge in [0, 0.05) is 28.4 Å². The van der Waals surface area contributed by atoms with E-state index in [0.29, 0.717) is 16.6 Å². The van der Waals surface area contributed by atoms with Crippen LogP contribution in [0.1, 0.15) is 28.9 Å². The van der Waals surface area contributed by atoms with Crippen LogP contribution in [0, 0.1) is 10.1 Å². The van der Waals surface area contributed by atoms with Crippen molar-refractivity contribution in [3.8, 4) is 5.88 Å². The molecule has 0 fully saturated rings. The minimum Gasteiger partial charge on any atom is -0.477 e. The number of amides is 1. The number of carbonyl (C=O) groups is 2. The van der Waals surface area contributed by atoms with Gasteiger partial charge in [-0.3, -0.25) is 14.9 Å². The highest BCUT2D eigenvalue weighted by Crippen LogP contribution is 2.29. The number of esters is 1. The van der Waals surface area contributed by atoms with E-state index >= 15 is 0 Å². The molecule has 0 saturated heterocycles. The lowest BCUT2D eigenvalue weighted by atomic mass is 10.1. The third kappa shape index (κ3) is 5.46. The van der Waals surface area contributed by atoms with Crippen LogP contribution in [0.2, 0.25) is 0 Å². The molecule has 9 nitrogen and oxygen atoms in total. The molecule has 1 aromatic heterocycles. The quantitative estimate of drug-likeness (QED) is 0.271. The van der Waals surface area contributed by atoms with E-state index in [1.807, 2.05) is 0 Å². The van der Waals surface area contributed by atoms with Gasteiger partial charge in [0.25, 0.3) is 11.6 Å². The van der Waals surface area contributed by atoms with Crippen molar-refractivity contribution in [2.45, 2.75) is 13.0 Å². The van der Waals surface area contributed by atoms with Crippen molar-refractivity contribution in [1.29, 1.82) is 0 Å². The molecule has 164 valence electrons. The Hall–Kier alpha value is -3.79. The highest BCUT2D eigenvalue weighted by molar-refractivity contribution is 9.10. The highest BCUT2D eigenvalue weighted by Gasteiger charge is 2.28. The van der Waals surface area contributed by atoms with Gasteiger partial charge in [0.05, 0.1) is 17.2 Å². The van der Waals surface area contributed by atoms with Crippen LogP contribution < -0.4 is 10.1 Å². The van der Waals surface area contributed by atoms with E-state index in [1.54, 1.807) is 43.3 Å². The number of non-ortho nitro benzene ring substituents is 1. The topological polar surface area (TPSA) is 121 Å². The van der Waals surface area contributed by atoms with Gasteiger partial charge in [-0.1, -0.05) is 30.3 Å². The number of nitrogens with one attached hydrogen (secondary N) is 1. The van der Waals surface area contributed by atoms with Gasteiger partial charge in [-0.15, -0.1) is 0 Å². The van der Waals surface area contributed by atoms with Gasteiger partial charge in [0.1, 0.15) is 5.56 Å². The fourth-order valence-electron chi connectivity index (χ4n) is 2.79. The standard InChI is InChI=1S/C22H18BrN3O6/c1-2-31-21-16(9-6-12-24-21)22(28)32-19(14-7-4-3-5-8-14)20(27)25-18-11-10-15(26(29)30)13-17(18)23/h3-13,19H,2H2,1H3,(H,25,27)/t19-/m1/s1. The van der Waals surface area contributed by atoms with E-state index in [0.717, 1.165) is 0 Å². The number of hydrogen-bond donors (Lipinski definition) is 1. The third-order valence-corrected chi connectivity index (χ3v) is 4.91. The molecule has 0 aliphatic rings. The maximum atomic E-state index is 13.1. The SMILES string of the molecule is CCOc1ncccc1C(=O)O[C@@H](C(=O)Nc1ccc([N+](=O)[O-])cc1Br)c1ccccc1. The molecule has 1 N–H and O–H groups in total. The van der Waals surface area contributed by atoms with Crippen molar-refractivity contribution in [2.24, 2.45) is 0 Å². The van der Waals surface area contributed by atoms with Gasteiger partial charge in [-0.05, 0) is 41.1 Å². The lowest BCUT2D eigenvalue weighted by Crippen LogP contribution is -2.26. The number of hydrogen-bond acceptors (Lipinski definition) is 7. The van der Waals surface area contributed by atoms with E-state index in [4.69, 9.17) is 9.47 Å². The van der Waals surface area contributed by atoms with Crippen LogP contribution in [0.15, 0.2) is 71.3 Å². The molecule has 3 aromatic rings. The first-order valence-electron chi connectivity index (χ1n) is 9.49. The van der Waals surface area contributed by atoms with E-state index in [9.17, 15) is 19.7 Å². The summed E-state index contributed by atoms with van der Waals surface area (Å²) < 4.78 is 11.2. The van der Waals surface area contributed by atoms with Gasteiger partial charge >= 0.3 is 5.97 Å². The number of rotatable bonds is 8. The second-order valence-corrected chi connectivity index (χ2v) is 7.25. The molecule has 2 aromatic carbocycles. The molecule has 0 aliphatic heterocycles. The summed E-state index contributed by atoms with van der Waals surface area (Å²) in [7, 11) is 0. The molecule has 32 heavy (non-hydrogen) atoms. The van der Waals surface area contributed by atoms with Gasteiger partial charge in [-0.25, -0.2) is 9.78 Å². The Balaban J connectivity index is 1.88. The molecule has 0 saturated carbocycles. The lowest BCUT2D eigenvalue weighted by molar-refractivity contribution is -0.384. The minimum absolute atomic E-state index is 0.0830. The number of benzene rings is 2. The van der Waals surface area contributed by atoms with Crippen molar-refractivity contribution in [3.63, 3.8) is 0 Å². The van der Waals surface area contributed by atoms with Crippen molar-refractivity contribution < 1.29 is 24.0 Å². The first-order valence-corrected chi connectivity index (χ1v) is 10.3. The third-order valence-electron chi connectivity index (χ3n) is 4.26. The Bertz CT molecular complexity index is 1140. The fraction of sp³-hybridized carbons (Fsp3) is 0.136. The summed E-state index contributed by atoms with van der Waals surface area (Å²) in [6.07, 6.45) is 0.190. The number of nitro groups is 1. The molecule has 0 aliphatic carbocycles. The summed E-state index contributed by atoms with van der Waals surface area (Å²) >= 11 is 3.21. The van der Waals surface area contributed by atoms with Crippen molar-refractivity contribution >= 4 is 39.2 Å². The van der Waals surface area contributed by atoms with Gasteiger partial charge in [0.2, 0.25) is 12.0 Å². The maximum Gasteiger partial charge on any atom is 0.344 e. The van der Waals surface area contributed by atoms with Gasteiger partial charge < -0.3 is 14.8 Å². The van der Waals surface area contributed by atoms with Crippen molar-refractivity contribution in [1.82, 2.24) is 4.98 Å². The summed E-state index contributed by atoms with van der Waals surface area (Å²) in [5, 5.41) is 13.6. The molecule has 0 unspecified atom stereocenters. The molecule has 3 rings (SSSR count). The minimum atomic E-state index is -1.29. The average molecular weight is 500 g/mol. The summed E-state index contributed by atoms with van der Waals surface area (Å²) in [6, 6.07) is 15.4. The zero-order chi connectivity index (χ0) is 23.1. The molecule has 0 spiro atoms. The Morgan fingerprint density at radius 1 is 1.16 bits per heavy atom. The van der Waals surface area contributed by atoms with Crippen LogP contribution in [0.25, 0.3) is 0 Å². The van der Waals surface area contributed by atoms with E-state index in [-0.39, 0.29) is 22.8 Å². The highest BCUT2D eigenvalue weighted by atomic mass is 79.9. The largest absolute Gasteiger partial charge is 0.477 e. The van der Waals surface area contributed by atoms with E-state index in [2.05, 4.69) is 26.2 Å². The number of pyridine rings is 1. The maximum absolute atomic E-state index is 13.1. The monoisotopic (exact) mass is 499 g/mol. The summed E-state index contributed by atoms with van der Waals surface area (Å²) in [4.78, 5) is 40.4. The Kier molecular flexibility index (Phi) is 7.50. The summed E-state index contributed by atoms with van der Waals surface area (Å²) in [5.41, 5.74) is 0.674. The number of carbonyl (C=O) groups excluding carboxylic acids is 2. The fourth-order valence-corrected chi connectivity index (χ4v) is 3.25. The number of ether oxygens (including phenoxy) is 2. The normalized spacial score (nSPS) is 11.3.